The minimum absolute atomic E-state index is 0.0402. The monoisotopic (exact) mass is 427 g/mol. The summed E-state index contributed by atoms with van der Waals surface area (Å²) in [6, 6.07) is 13.9. The van der Waals surface area contributed by atoms with Gasteiger partial charge in [-0.3, -0.25) is 14.5 Å². The molecule has 2 aromatic heterocycles. The Morgan fingerprint density at radius 1 is 1.07 bits per heavy atom. The van der Waals surface area contributed by atoms with Gasteiger partial charge in [0, 0.05) is 42.5 Å². The molecular formula is C22H22FN3O3S. The molecule has 0 aliphatic carbocycles. The lowest BCUT2D eigenvalue weighted by molar-refractivity contribution is -0.131. The Labute approximate surface area is 177 Å². The number of carbonyl (C=O) groups is 2. The first-order chi connectivity index (χ1) is 14.6. The maximum Gasteiger partial charge on any atom is 0.287 e. The number of nitrogens with one attached hydrogen (secondary N) is 1. The van der Waals surface area contributed by atoms with Crippen molar-refractivity contribution in [1.82, 2.24) is 15.1 Å². The van der Waals surface area contributed by atoms with Gasteiger partial charge in [-0.1, -0.05) is 12.1 Å². The van der Waals surface area contributed by atoms with Gasteiger partial charge < -0.3 is 14.6 Å². The molecule has 3 heterocycles. The number of carbonyl (C=O) groups excluding carboxylic acids is 2. The van der Waals surface area contributed by atoms with Crippen molar-refractivity contribution in [3.05, 3.63) is 71.2 Å². The number of halogens is 1. The molecule has 1 aliphatic heterocycles. The van der Waals surface area contributed by atoms with Gasteiger partial charge in [0.2, 0.25) is 5.91 Å². The number of piperazine rings is 1. The summed E-state index contributed by atoms with van der Waals surface area (Å²) in [6.45, 7) is 3.55. The first kappa shape index (κ1) is 20.3. The number of hydrogen-bond acceptors (Lipinski definition) is 5. The zero-order chi connectivity index (χ0) is 20.9. The lowest BCUT2D eigenvalue weighted by Crippen LogP contribution is -2.50. The number of amides is 2. The minimum Gasteiger partial charge on any atom is -0.459 e. The number of rotatable bonds is 6. The van der Waals surface area contributed by atoms with E-state index in [4.69, 9.17) is 4.42 Å². The Kier molecular flexibility index (Phi) is 6.25. The molecular weight excluding hydrogens is 405 g/mol. The van der Waals surface area contributed by atoms with Crippen LogP contribution in [0.2, 0.25) is 0 Å². The second-order valence-corrected chi connectivity index (χ2v) is 8.26. The number of hydrogen-bond donors (Lipinski definition) is 1. The molecule has 8 heteroatoms. The molecule has 0 unspecified atom stereocenters. The van der Waals surface area contributed by atoms with Crippen LogP contribution in [0, 0.1) is 5.82 Å². The van der Waals surface area contributed by atoms with Crippen molar-refractivity contribution in [2.45, 2.75) is 6.54 Å². The van der Waals surface area contributed by atoms with E-state index >= 15 is 0 Å². The Hall–Kier alpha value is -2.97. The van der Waals surface area contributed by atoms with Crippen LogP contribution in [0.4, 0.5) is 4.39 Å². The van der Waals surface area contributed by atoms with E-state index in [-0.39, 0.29) is 24.0 Å². The summed E-state index contributed by atoms with van der Waals surface area (Å²) in [7, 11) is 0. The molecule has 2 amide bonds. The summed E-state index contributed by atoms with van der Waals surface area (Å²) < 4.78 is 18.5. The van der Waals surface area contributed by atoms with Crippen molar-refractivity contribution in [2.75, 3.05) is 32.7 Å². The van der Waals surface area contributed by atoms with Gasteiger partial charge in [0.1, 0.15) is 5.82 Å². The molecule has 1 fully saturated rings. The highest BCUT2D eigenvalue weighted by molar-refractivity contribution is 7.15. The predicted molar refractivity (Wildman–Crippen MR) is 113 cm³/mol. The van der Waals surface area contributed by atoms with Crippen LogP contribution in [0.25, 0.3) is 10.4 Å². The predicted octanol–water partition coefficient (Wildman–Crippen LogP) is 3.22. The second kappa shape index (κ2) is 9.23. The molecule has 1 N–H and O–H groups in total. The molecule has 0 bridgehead atoms. The fraction of sp³-hybridized carbons (Fsp3) is 0.273. The van der Waals surface area contributed by atoms with Gasteiger partial charge in [-0.15, -0.1) is 11.3 Å². The summed E-state index contributed by atoms with van der Waals surface area (Å²) in [5.41, 5.74) is 0.887. The molecule has 0 atom stereocenters. The van der Waals surface area contributed by atoms with Crippen LogP contribution in [-0.4, -0.2) is 54.3 Å². The highest BCUT2D eigenvalue weighted by atomic mass is 32.1. The third-order valence-corrected chi connectivity index (χ3v) is 6.14. The summed E-state index contributed by atoms with van der Waals surface area (Å²) in [5, 5.41) is 2.59. The first-order valence-corrected chi connectivity index (χ1v) is 10.6. The molecule has 4 rings (SSSR count). The van der Waals surface area contributed by atoms with Crippen molar-refractivity contribution in [1.29, 1.82) is 0 Å². The van der Waals surface area contributed by atoms with Crippen LogP contribution >= 0.6 is 11.3 Å². The number of furan rings is 1. The molecule has 156 valence electrons. The van der Waals surface area contributed by atoms with Crippen molar-refractivity contribution >= 4 is 23.2 Å². The standard InChI is InChI=1S/C22H22FN3O3S/c23-17-4-1-3-16(13-17)20-7-6-18(30-20)15-25-8-10-26(11-9-25)21(27)14-24-22(28)19-5-2-12-29-19/h1-7,12-13H,8-11,14-15H2,(H,24,28). The van der Waals surface area contributed by atoms with Crippen molar-refractivity contribution in [3.63, 3.8) is 0 Å². The molecule has 1 aliphatic rings. The van der Waals surface area contributed by atoms with Crippen LogP contribution in [0.5, 0.6) is 0 Å². The van der Waals surface area contributed by atoms with Gasteiger partial charge in [0.05, 0.1) is 12.8 Å². The van der Waals surface area contributed by atoms with E-state index in [2.05, 4.69) is 16.3 Å². The molecule has 3 aromatic rings. The number of nitrogens with zero attached hydrogens (tertiary/aromatic N) is 2. The third kappa shape index (κ3) is 4.95. The van der Waals surface area contributed by atoms with E-state index in [9.17, 15) is 14.0 Å². The molecule has 1 saturated heterocycles. The Morgan fingerprint density at radius 3 is 2.63 bits per heavy atom. The summed E-state index contributed by atoms with van der Waals surface area (Å²) in [5.74, 6) is -0.525. The summed E-state index contributed by atoms with van der Waals surface area (Å²) >= 11 is 1.66. The fourth-order valence-electron chi connectivity index (χ4n) is 3.40. The Bertz CT molecular complexity index is 1010. The van der Waals surface area contributed by atoms with Crippen molar-refractivity contribution in [2.24, 2.45) is 0 Å². The van der Waals surface area contributed by atoms with Crippen molar-refractivity contribution in [3.8, 4) is 10.4 Å². The molecule has 6 nitrogen and oxygen atoms in total. The van der Waals surface area contributed by atoms with E-state index in [1.807, 2.05) is 12.1 Å². The highest BCUT2D eigenvalue weighted by Gasteiger charge is 2.22. The normalized spacial score (nSPS) is 14.6. The first-order valence-electron chi connectivity index (χ1n) is 9.75. The number of thiophene rings is 1. The van der Waals surface area contributed by atoms with Crippen LogP contribution < -0.4 is 5.32 Å². The van der Waals surface area contributed by atoms with Crippen LogP contribution in [0.15, 0.2) is 59.2 Å². The van der Waals surface area contributed by atoms with Gasteiger partial charge >= 0.3 is 0 Å². The van der Waals surface area contributed by atoms with Gasteiger partial charge in [-0.05, 0) is 42.0 Å². The highest BCUT2D eigenvalue weighted by Crippen LogP contribution is 2.29. The molecule has 30 heavy (non-hydrogen) atoms. The Morgan fingerprint density at radius 2 is 1.90 bits per heavy atom. The van der Waals surface area contributed by atoms with E-state index in [0.717, 1.165) is 30.1 Å². The Balaban J connectivity index is 1.24. The average Bonchev–Trinajstić information content (AvgIpc) is 3.45. The summed E-state index contributed by atoms with van der Waals surface area (Å²) in [6.07, 6.45) is 1.42. The average molecular weight is 428 g/mol. The SMILES string of the molecule is O=C(NCC(=O)N1CCN(Cc2ccc(-c3cccc(F)c3)s2)CC1)c1ccco1. The zero-order valence-electron chi connectivity index (χ0n) is 16.3. The molecule has 0 spiro atoms. The zero-order valence-corrected chi connectivity index (χ0v) is 17.2. The van der Waals surface area contributed by atoms with Gasteiger partial charge in [0.25, 0.3) is 5.91 Å². The van der Waals surface area contributed by atoms with Gasteiger partial charge in [0.15, 0.2) is 5.76 Å². The van der Waals surface area contributed by atoms with E-state index < -0.39 is 5.91 Å². The van der Waals surface area contributed by atoms with Crippen LogP contribution in [0.3, 0.4) is 0 Å². The van der Waals surface area contributed by atoms with Crippen LogP contribution in [0.1, 0.15) is 15.4 Å². The largest absolute Gasteiger partial charge is 0.459 e. The van der Waals surface area contributed by atoms with E-state index in [1.54, 1.807) is 40.5 Å². The van der Waals surface area contributed by atoms with Crippen LogP contribution in [-0.2, 0) is 11.3 Å². The van der Waals surface area contributed by atoms with E-state index in [0.29, 0.717) is 13.1 Å². The topological polar surface area (TPSA) is 65.8 Å². The maximum atomic E-state index is 13.4. The van der Waals surface area contributed by atoms with Gasteiger partial charge in [-0.25, -0.2) is 4.39 Å². The molecule has 0 saturated carbocycles. The molecule has 0 radical (unpaired) electrons. The third-order valence-electron chi connectivity index (χ3n) is 5.02. The van der Waals surface area contributed by atoms with Gasteiger partial charge in [-0.2, -0.15) is 0 Å². The number of benzene rings is 1. The second-order valence-electron chi connectivity index (χ2n) is 7.09. The minimum atomic E-state index is -0.390. The lowest BCUT2D eigenvalue weighted by Gasteiger charge is -2.34. The quantitative estimate of drug-likeness (QED) is 0.656. The lowest BCUT2D eigenvalue weighted by atomic mass is 10.2. The smallest absolute Gasteiger partial charge is 0.287 e. The summed E-state index contributed by atoms with van der Waals surface area (Å²) in [4.78, 5) is 30.5. The maximum absolute atomic E-state index is 13.4. The molecule has 1 aromatic carbocycles. The van der Waals surface area contributed by atoms with E-state index in [1.165, 1.54) is 17.2 Å². The fourth-order valence-corrected chi connectivity index (χ4v) is 4.44. The van der Waals surface area contributed by atoms with Crippen molar-refractivity contribution < 1.29 is 18.4 Å².